The second-order valence-electron chi connectivity index (χ2n) is 26.2. The van der Waals surface area contributed by atoms with Gasteiger partial charge in [0.2, 0.25) is 5.95 Å². The molecule has 1 aliphatic carbocycles. The van der Waals surface area contributed by atoms with Crippen LogP contribution in [0.1, 0.15) is 25.0 Å². The third-order valence-electron chi connectivity index (χ3n) is 20.6. The van der Waals surface area contributed by atoms with Crippen molar-refractivity contribution in [3.8, 4) is 56.5 Å². The van der Waals surface area contributed by atoms with Crippen LogP contribution in [0.15, 0.2) is 316 Å². The third kappa shape index (κ3) is 7.90. The number of anilines is 3. The van der Waals surface area contributed by atoms with Crippen molar-refractivity contribution in [2.75, 3.05) is 4.90 Å². The van der Waals surface area contributed by atoms with E-state index in [4.69, 9.17) is 15.0 Å². The minimum Gasteiger partial charge on any atom is -0.310 e. The maximum atomic E-state index is 5.69. The molecule has 6 nitrogen and oxygen atoms in total. The van der Waals surface area contributed by atoms with Crippen molar-refractivity contribution < 1.29 is 0 Å². The Hall–Kier alpha value is -12.5. The summed E-state index contributed by atoms with van der Waals surface area (Å²) in [5, 5.41) is 19.4. The second-order valence-corrected chi connectivity index (χ2v) is 26.2. The van der Waals surface area contributed by atoms with E-state index in [-0.39, 0.29) is 0 Å². The Morgan fingerprint density at radius 3 is 1.59 bits per heavy atom. The van der Waals surface area contributed by atoms with Crippen LogP contribution < -0.4 is 4.90 Å². The fourth-order valence-corrected chi connectivity index (χ4v) is 16.6. The second kappa shape index (κ2) is 20.7. The zero-order valence-corrected chi connectivity index (χ0v) is 52.7. The lowest BCUT2D eigenvalue weighted by Gasteiger charge is -2.28. The molecule has 1 aliphatic rings. The van der Waals surface area contributed by atoms with Crippen molar-refractivity contribution in [1.82, 2.24) is 24.1 Å². The topological polar surface area (TPSA) is 51.8 Å². The molecule has 4 heterocycles. The monoisotopic (exact) mass is 1220 g/mol. The summed E-state index contributed by atoms with van der Waals surface area (Å²) in [5.41, 5.74) is 18.9. The molecule has 0 amide bonds. The highest BCUT2D eigenvalue weighted by Crippen LogP contribution is 2.60. The molecule has 0 aliphatic heterocycles. The van der Waals surface area contributed by atoms with Crippen LogP contribution in [0.3, 0.4) is 0 Å². The minimum atomic E-state index is -0.453. The molecule has 0 saturated heterocycles. The average Bonchev–Trinajstić information content (AvgIpc) is 1.50. The van der Waals surface area contributed by atoms with E-state index < -0.39 is 5.41 Å². The molecule has 96 heavy (non-hydrogen) atoms. The van der Waals surface area contributed by atoms with Gasteiger partial charge in [-0.3, -0.25) is 9.55 Å². The first-order valence-electron chi connectivity index (χ1n) is 33.1. The van der Waals surface area contributed by atoms with Gasteiger partial charge in [0.25, 0.3) is 0 Å². The van der Waals surface area contributed by atoms with Gasteiger partial charge in [-0.1, -0.05) is 232 Å². The van der Waals surface area contributed by atoms with Crippen molar-refractivity contribution >= 4 is 125 Å². The molecule has 0 saturated carbocycles. The van der Waals surface area contributed by atoms with Crippen LogP contribution >= 0.6 is 0 Å². The summed E-state index contributed by atoms with van der Waals surface area (Å²) in [6.07, 6.45) is 1.85. The highest BCUT2D eigenvalue weighted by atomic mass is 15.2. The SMILES string of the molecule is CC1(C)c2c(c3c(c4ccccc24)c2cc(-c4ccc(N(c5ccccc5)c5cccc(-n6c7ccccc7c7ccccc76)c5)c5cc6ccccc6cc45)ccc2n3-c2nc(-c3ccccc3)cc(-c3ccccn3)n2)-c2ccc3c4ccccc4c4ccccc4c3c21. The molecule has 0 fully saturated rings. The number of hydrogen-bond donors (Lipinski definition) is 0. The largest absolute Gasteiger partial charge is 0.310 e. The first-order valence-corrected chi connectivity index (χ1v) is 33.1. The van der Waals surface area contributed by atoms with Gasteiger partial charge in [0.1, 0.15) is 0 Å². The molecule has 0 N–H and O–H groups in total. The van der Waals surface area contributed by atoms with Crippen LogP contribution in [0, 0.1) is 0 Å². The van der Waals surface area contributed by atoms with Crippen LogP contribution in [-0.4, -0.2) is 24.1 Å². The Morgan fingerprint density at radius 1 is 0.323 bits per heavy atom. The maximum absolute atomic E-state index is 5.69. The number of aromatic nitrogens is 5. The molecule has 0 radical (unpaired) electrons. The van der Waals surface area contributed by atoms with Gasteiger partial charge in [-0.25, -0.2) is 9.97 Å². The van der Waals surface area contributed by atoms with E-state index in [1.54, 1.807) is 0 Å². The Morgan fingerprint density at radius 2 is 0.885 bits per heavy atom. The summed E-state index contributed by atoms with van der Waals surface area (Å²) < 4.78 is 4.81. The Bertz CT molecular complexity index is 6340. The minimum absolute atomic E-state index is 0.453. The average molecular weight is 1220 g/mol. The fraction of sp³-hybridized carbons (Fsp3) is 0.0333. The number of hydrogen-bond acceptors (Lipinski definition) is 4. The lowest BCUT2D eigenvalue weighted by atomic mass is 9.77. The van der Waals surface area contributed by atoms with Crippen molar-refractivity contribution in [1.29, 1.82) is 0 Å². The number of para-hydroxylation sites is 3. The predicted molar refractivity (Wildman–Crippen MR) is 402 cm³/mol. The molecule has 448 valence electrons. The summed E-state index contributed by atoms with van der Waals surface area (Å²) in [5.74, 6) is 0.579. The van der Waals surface area contributed by atoms with Crippen molar-refractivity contribution in [2.45, 2.75) is 19.3 Å². The summed E-state index contributed by atoms with van der Waals surface area (Å²) in [6.45, 7) is 4.91. The molecule has 0 bridgehead atoms. The fourth-order valence-electron chi connectivity index (χ4n) is 16.6. The lowest BCUT2D eigenvalue weighted by Crippen LogP contribution is -2.16. The number of nitrogens with zero attached hydrogens (tertiary/aromatic N) is 6. The zero-order valence-electron chi connectivity index (χ0n) is 52.7. The van der Waals surface area contributed by atoms with Crippen LogP contribution in [0.5, 0.6) is 0 Å². The van der Waals surface area contributed by atoms with E-state index in [0.717, 1.165) is 89.1 Å². The van der Waals surface area contributed by atoms with Crippen LogP contribution in [-0.2, 0) is 5.41 Å². The van der Waals surface area contributed by atoms with Gasteiger partial charge in [-0.2, -0.15) is 0 Å². The van der Waals surface area contributed by atoms with Crippen molar-refractivity contribution in [2.24, 2.45) is 0 Å². The first kappa shape index (κ1) is 54.1. The van der Waals surface area contributed by atoms with Crippen LogP contribution in [0.2, 0.25) is 0 Å². The molecule has 19 aromatic rings. The molecule has 4 aromatic heterocycles. The van der Waals surface area contributed by atoms with Crippen molar-refractivity contribution in [3.63, 3.8) is 0 Å². The van der Waals surface area contributed by atoms with Gasteiger partial charge >= 0.3 is 0 Å². The summed E-state index contributed by atoms with van der Waals surface area (Å²) >= 11 is 0. The van der Waals surface area contributed by atoms with Crippen LogP contribution in [0.25, 0.3) is 165 Å². The molecular formula is C90H58N6. The smallest absolute Gasteiger partial charge is 0.235 e. The van der Waals surface area contributed by atoms with Gasteiger partial charge < -0.3 is 9.47 Å². The van der Waals surface area contributed by atoms with Crippen molar-refractivity contribution in [3.05, 3.63) is 327 Å². The van der Waals surface area contributed by atoms with Gasteiger partial charge in [-0.15, -0.1) is 0 Å². The molecule has 20 rings (SSSR count). The highest BCUT2D eigenvalue weighted by molar-refractivity contribution is 6.32. The molecule has 0 atom stereocenters. The molecule has 0 spiro atoms. The van der Waals surface area contributed by atoms with E-state index in [0.29, 0.717) is 5.95 Å². The lowest BCUT2D eigenvalue weighted by molar-refractivity contribution is 0.673. The number of benzene rings is 15. The molecule has 6 heteroatoms. The van der Waals surface area contributed by atoms with Gasteiger partial charge in [-0.05, 0) is 178 Å². The third-order valence-corrected chi connectivity index (χ3v) is 20.6. The Kier molecular flexibility index (Phi) is 11.7. The van der Waals surface area contributed by atoms with E-state index in [2.05, 4.69) is 319 Å². The predicted octanol–water partition coefficient (Wildman–Crippen LogP) is 23.8. The number of rotatable bonds is 8. The highest BCUT2D eigenvalue weighted by Gasteiger charge is 2.42. The standard InChI is InChI=1S/C90H58N6/c1-90(2)86-71-39-16-15-38-69(71)84-75-52-58(62-46-48-81(74-51-57-27-10-9-26-56(57)50-73(62)74)94(59-28-7-4-8-29-59)60-30-23-31-61(53-60)95-79-41-19-17-35-66(79)67-36-18-20-42-80(67)95)43-47-82(75)96(89-92-77(55-24-5-3-6-25-55)54-78(93-89)76-40-21-22-49-91-76)88(84)85(86)72-45-44-70-65-34-12-11-32-63(65)64-33-13-14-37-68(64)83(70)87(72)90/h3-54H,1-2H3. The van der Waals surface area contributed by atoms with E-state index in [1.165, 1.54) is 97.9 Å². The molecular weight excluding hydrogens is 1170 g/mol. The summed E-state index contributed by atoms with van der Waals surface area (Å²) in [7, 11) is 0. The first-order chi connectivity index (χ1) is 47.4. The van der Waals surface area contributed by atoms with E-state index >= 15 is 0 Å². The summed E-state index contributed by atoms with van der Waals surface area (Å²) in [4.78, 5) is 18.7. The Labute approximate surface area is 553 Å². The molecule has 0 unspecified atom stereocenters. The zero-order chi connectivity index (χ0) is 63.3. The normalized spacial score (nSPS) is 12.8. The summed E-state index contributed by atoms with van der Waals surface area (Å²) in [6, 6.07) is 113. The number of fused-ring (bicyclic) bond motifs is 22. The molecule has 15 aromatic carbocycles. The van der Waals surface area contributed by atoms with E-state index in [1.807, 2.05) is 24.4 Å². The van der Waals surface area contributed by atoms with Gasteiger partial charge in [0.05, 0.1) is 44.8 Å². The van der Waals surface area contributed by atoms with E-state index in [9.17, 15) is 0 Å². The van der Waals surface area contributed by atoms with Gasteiger partial charge in [0.15, 0.2) is 0 Å². The van der Waals surface area contributed by atoms with Gasteiger partial charge in [0, 0.05) is 66.7 Å². The quantitative estimate of drug-likeness (QED) is 0.112. The van der Waals surface area contributed by atoms with Crippen LogP contribution in [0.4, 0.5) is 17.1 Å². The number of pyridine rings is 1. The maximum Gasteiger partial charge on any atom is 0.235 e. The Balaban J connectivity index is 0.876.